The minimum Gasteiger partial charge on any atom is -0.462 e. The van der Waals surface area contributed by atoms with Crippen LogP contribution in [0.15, 0.2) is 33.5 Å². The van der Waals surface area contributed by atoms with Crippen molar-refractivity contribution in [1.82, 2.24) is 0 Å². The third-order valence-electron chi connectivity index (χ3n) is 6.14. The number of rotatable bonds is 6. The SMILES string of the molecule is Cc1cc(=O)oc2cc(O[C@@H]3O[C@H](CO)[C@@H](O[C@@H]4O[C@H](CO)[C@H](O)[C@@H](O)[C@H]4O)[C@@H](O)[C@H]3O)ccc12. The fourth-order valence-electron chi connectivity index (χ4n) is 4.17. The highest BCUT2D eigenvalue weighted by Gasteiger charge is 2.51. The molecule has 2 saturated heterocycles. The predicted molar refractivity (Wildman–Crippen MR) is 114 cm³/mol. The number of aryl methyl sites for hydroxylation is 1. The van der Waals surface area contributed by atoms with Crippen molar-refractivity contribution in [2.75, 3.05) is 13.2 Å². The minimum absolute atomic E-state index is 0.146. The highest BCUT2D eigenvalue weighted by Crippen LogP contribution is 2.31. The summed E-state index contributed by atoms with van der Waals surface area (Å²) in [5.41, 5.74) is 0.381. The topological polar surface area (TPSA) is 209 Å². The summed E-state index contributed by atoms with van der Waals surface area (Å²) in [4.78, 5) is 11.7. The zero-order valence-electron chi connectivity index (χ0n) is 18.6. The van der Waals surface area contributed by atoms with E-state index in [2.05, 4.69) is 0 Å². The zero-order valence-corrected chi connectivity index (χ0v) is 18.6. The summed E-state index contributed by atoms with van der Waals surface area (Å²) >= 11 is 0. The van der Waals surface area contributed by atoms with Crippen molar-refractivity contribution in [3.63, 3.8) is 0 Å². The Labute approximate surface area is 198 Å². The van der Waals surface area contributed by atoms with E-state index in [1.807, 2.05) is 0 Å². The monoisotopic (exact) mass is 500 g/mol. The number of aliphatic hydroxyl groups excluding tert-OH is 7. The summed E-state index contributed by atoms with van der Waals surface area (Å²) in [5.74, 6) is 0.146. The van der Waals surface area contributed by atoms with E-state index < -0.39 is 80.3 Å². The average Bonchev–Trinajstić information content (AvgIpc) is 2.83. The molecule has 2 fully saturated rings. The van der Waals surface area contributed by atoms with E-state index in [1.165, 1.54) is 12.1 Å². The van der Waals surface area contributed by atoms with Crippen LogP contribution in [0, 0.1) is 6.92 Å². The molecule has 3 heterocycles. The predicted octanol–water partition coefficient (Wildman–Crippen LogP) is -2.90. The minimum atomic E-state index is -1.76. The number of fused-ring (bicyclic) bond motifs is 1. The maximum absolute atomic E-state index is 11.7. The summed E-state index contributed by atoms with van der Waals surface area (Å²) in [5, 5.41) is 71.1. The van der Waals surface area contributed by atoms with Crippen LogP contribution in [-0.2, 0) is 14.2 Å². The second-order valence-electron chi connectivity index (χ2n) is 8.53. The van der Waals surface area contributed by atoms with Gasteiger partial charge in [-0.1, -0.05) is 0 Å². The largest absolute Gasteiger partial charge is 0.462 e. The molecule has 0 saturated carbocycles. The molecule has 1 aromatic heterocycles. The van der Waals surface area contributed by atoms with Crippen LogP contribution in [0.25, 0.3) is 11.0 Å². The second kappa shape index (κ2) is 10.4. The van der Waals surface area contributed by atoms with Crippen LogP contribution in [-0.4, -0.2) is 110 Å². The standard InChI is InChI=1S/C22H28O13/c1-8-4-14(25)32-11-5-9(2-3-10(8)11)31-21-19(30)17(28)20(13(7-24)34-21)35-22-18(29)16(27)15(26)12(6-23)33-22/h2-5,12-13,15-24,26-30H,6-7H2,1H3/t12-,13-,15+,16-,17+,18-,19-,20-,21-,22+/m1/s1. The average molecular weight is 500 g/mol. The van der Waals surface area contributed by atoms with Crippen LogP contribution in [0.3, 0.4) is 0 Å². The van der Waals surface area contributed by atoms with Gasteiger partial charge in [0.2, 0.25) is 6.29 Å². The fraction of sp³-hybridized carbons (Fsp3) is 0.591. The van der Waals surface area contributed by atoms with Crippen LogP contribution in [0.2, 0.25) is 0 Å². The van der Waals surface area contributed by atoms with E-state index >= 15 is 0 Å². The van der Waals surface area contributed by atoms with Crippen LogP contribution in [0.4, 0.5) is 0 Å². The first-order chi connectivity index (χ1) is 16.6. The van der Waals surface area contributed by atoms with Gasteiger partial charge < -0.3 is 59.1 Å². The van der Waals surface area contributed by atoms with Gasteiger partial charge in [0.15, 0.2) is 6.29 Å². The van der Waals surface area contributed by atoms with Gasteiger partial charge in [0.25, 0.3) is 0 Å². The molecule has 35 heavy (non-hydrogen) atoms. The van der Waals surface area contributed by atoms with Crippen molar-refractivity contribution in [3.05, 3.63) is 40.2 Å². The van der Waals surface area contributed by atoms with E-state index in [0.29, 0.717) is 10.9 Å². The zero-order chi connectivity index (χ0) is 25.4. The lowest BCUT2D eigenvalue weighted by Gasteiger charge is -2.45. The number of aliphatic hydroxyl groups is 7. The Morgan fingerprint density at radius 3 is 2.17 bits per heavy atom. The van der Waals surface area contributed by atoms with Crippen LogP contribution in [0.1, 0.15) is 5.56 Å². The number of benzene rings is 1. The molecule has 194 valence electrons. The molecule has 13 heteroatoms. The normalized spacial score (nSPS) is 37.9. The van der Waals surface area contributed by atoms with Crippen molar-refractivity contribution >= 4 is 11.0 Å². The summed E-state index contributed by atoms with van der Waals surface area (Å²) in [6.45, 7) is 0.352. The molecule has 4 rings (SSSR count). The van der Waals surface area contributed by atoms with Crippen molar-refractivity contribution in [2.45, 2.75) is 68.3 Å². The molecule has 0 amide bonds. The van der Waals surface area contributed by atoms with Crippen molar-refractivity contribution in [2.24, 2.45) is 0 Å². The van der Waals surface area contributed by atoms with Crippen LogP contribution >= 0.6 is 0 Å². The van der Waals surface area contributed by atoms with Crippen molar-refractivity contribution < 1.29 is 59.1 Å². The first-order valence-electron chi connectivity index (χ1n) is 10.9. The van der Waals surface area contributed by atoms with Gasteiger partial charge in [-0.3, -0.25) is 0 Å². The van der Waals surface area contributed by atoms with Gasteiger partial charge in [-0.15, -0.1) is 0 Å². The highest BCUT2D eigenvalue weighted by atomic mass is 16.7. The number of hydrogen-bond acceptors (Lipinski definition) is 13. The molecule has 2 aliphatic heterocycles. The molecular formula is C22H28O13. The lowest BCUT2D eigenvalue weighted by molar-refractivity contribution is -0.352. The van der Waals surface area contributed by atoms with Gasteiger partial charge in [0.05, 0.1) is 13.2 Å². The van der Waals surface area contributed by atoms with Gasteiger partial charge in [0.1, 0.15) is 60.2 Å². The van der Waals surface area contributed by atoms with Gasteiger partial charge >= 0.3 is 5.63 Å². The molecular weight excluding hydrogens is 472 g/mol. The molecule has 0 spiro atoms. The van der Waals surface area contributed by atoms with E-state index in [0.717, 1.165) is 0 Å². The Hall–Kier alpha value is -2.17. The Morgan fingerprint density at radius 1 is 0.829 bits per heavy atom. The fourth-order valence-corrected chi connectivity index (χ4v) is 4.17. The molecule has 0 bridgehead atoms. The molecule has 0 unspecified atom stereocenters. The Bertz CT molecular complexity index is 1070. The maximum atomic E-state index is 11.7. The molecule has 10 atom stereocenters. The van der Waals surface area contributed by atoms with Gasteiger partial charge in [-0.2, -0.15) is 0 Å². The lowest BCUT2D eigenvalue weighted by atomic mass is 9.97. The van der Waals surface area contributed by atoms with E-state index in [1.54, 1.807) is 19.1 Å². The first-order valence-corrected chi connectivity index (χ1v) is 10.9. The Balaban J connectivity index is 1.50. The smallest absolute Gasteiger partial charge is 0.336 e. The lowest BCUT2D eigenvalue weighted by Crippen LogP contribution is -2.65. The molecule has 0 aliphatic carbocycles. The Morgan fingerprint density at radius 2 is 1.49 bits per heavy atom. The summed E-state index contributed by atoms with van der Waals surface area (Å²) in [6.07, 6.45) is -15.6. The van der Waals surface area contributed by atoms with Crippen molar-refractivity contribution in [1.29, 1.82) is 0 Å². The Kier molecular flexibility index (Phi) is 7.73. The first kappa shape index (κ1) is 25.9. The van der Waals surface area contributed by atoms with Crippen LogP contribution < -0.4 is 10.4 Å². The maximum Gasteiger partial charge on any atom is 0.336 e. The molecule has 7 N–H and O–H groups in total. The quantitative estimate of drug-likeness (QED) is 0.199. The van der Waals surface area contributed by atoms with Gasteiger partial charge in [0, 0.05) is 17.5 Å². The van der Waals surface area contributed by atoms with Gasteiger partial charge in [-0.25, -0.2) is 4.79 Å². The summed E-state index contributed by atoms with van der Waals surface area (Å²) in [6, 6.07) is 5.94. The van der Waals surface area contributed by atoms with E-state index in [9.17, 15) is 40.5 Å². The highest BCUT2D eigenvalue weighted by molar-refractivity contribution is 5.81. The number of ether oxygens (including phenoxy) is 4. The molecule has 1 aromatic carbocycles. The van der Waals surface area contributed by atoms with Gasteiger partial charge in [-0.05, 0) is 24.6 Å². The third kappa shape index (κ3) is 5.06. The van der Waals surface area contributed by atoms with Crippen molar-refractivity contribution in [3.8, 4) is 5.75 Å². The second-order valence-corrected chi connectivity index (χ2v) is 8.53. The van der Waals surface area contributed by atoms with E-state index in [-0.39, 0.29) is 11.3 Å². The number of hydrogen-bond donors (Lipinski definition) is 7. The molecule has 0 radical (unpaired) electrons. The van der Waals surface area contributed by atoms with E-state index in [4.69, 9.17) is 23.4 Å². The molecule has 2 aromatic rings. The molecule has 13 nitrogen and oxygen atoms in total. The third-order valence-corrected chi connectivity index (χ3v) is 6.14. The molecule has 2 aliphatic rings. The summed E-state index contributed by atoms with van der Waals surface area (Å²) < 4.78 is 27.1. The van der Waals surface area contributed by atoms with Crippen LogP contribution in [0.5, 0.6) is 5.75 Å². The summed E-state index contributed by atoms with van der Waals surface area (Å²) in [7, 11) is 0.